The van der Waals surface area contributed by atoms with Crippen molar-refractivity contribution in [1.82, 2.24) is 0 Å². The third kappa shape index (κ3) is 3.01. The molecule has 0 spiro atoms. The van der Waals surface area contributed by atoms with Gasteiger partial charge in [0.05, 0.1) is 10.0 Å². The number of hydrogen-bond acceptors (Lipinski definition) is 3. The Morgan fingerprint density at radius 3 is 2.60 bits per heavy atom. The van der Waals surface area contributed by atoms with Crippen LogP contribution in [-0.2, 0) is 19.4 Å². The van der Waals surface area contributed by atoms with Crippen molar-refractivity contribution in [2.45, 2.75) is 25.9 Å². The summed E-state index contributed by atoms with van der Waals surface area (Å²) in [4.78, 5) is 12.1. The van der Waals surface area contributed by atoms with E-state index in [4.69, 9.17) is 44.0 Å². The minimum Gasteiger partial charge on any atom is -0.489 e. The van der Waals surface area contributed by atoms with Gasteiger partial charge in [0.1, 0.15) is 17.9 Å². The molecule has 0 radical (unpaired) electrons. The number of hydrogen-bond donors (Lipinski definition) is 0. The van der Waals surface area contributed by atoms with Gasteiger partial charge in [0.15, 0.2) is 0 Å². The van der Waals surface area contributed by atoms with Crippen molar-refractivity contribution in [1.29, 1.82) is 0 Å². The maximum atomic E-state index is 12.1. The largest absolute Gasteiger partial charge is 0.489 e. The third-order valence-electron chi connectivity index (χ3n) is 4.47. The predicted octanol–water partition coefficient (Wildman–Crippen LogP) is 5.82. The fourth-order valence-corrected chi connectivity index (χ4v) is 3.87. The van der Waals surface area contributed by atoms with Crippen LogP contribution < -0.4 is 10.4 Å². The summed E-state index contributed by atoms with van der Waals surface area (Å²) in [7, 11) is 0. The number of benzene rings is 2. The van der Waals surface area contributed by atoms with Crippen LogP contribution in [0.25, 0.3) is 11.0 Å². The van der Waals surface area contributed by atoms with Gasteiger partial charge in [-0.2, -0.15) is 0 Å². The number of rotatable bonds is 3. The number of fused-ring (bicyclic) bond motifs is 3. The van der Waals surface area contributed by atoms with Crippen LogP contribution in [0.15, 0.2) is 39.5 Å². The van der Waals surface area contributed by atoms with Crippen molar-refractivity contribution in [3.63, 3.8) is 0 Å². The molecule has 3 aromatic rings. The van der Waals surface area contributed by atoms with Gasteiger partial charge in [-0.05, 0) is 49.1 Å². The number of aryl methyl sites for hydroxylation is 1. The molecule has 2 aromatic carbocycles. The maximum absolute atomic E-state index is 12.1. The molecule has 0 N–H and O–H groups in total. The Bertz CT molecular complexity index is 1040. The van der Waals surface area contributed by atoms with Gasteiger partial charge in [-0.15, -0.1) is 0 Å². The molecule has 128 valence electrons. The van der Waals surface area contributed by atoms with Gasteiger partial charge < -0.3 is 9.15 Å². The quantitative estimate of drug-likeness (QED) is 0.414. The highest BCUT2D eigenvalue weighted by Gasteiger charge is 2.19. The molecule has 1 heterocycles. The molecule has 1 aliphatic carbocycles. The van der Waals surface area contributed by atoms with E-state index in [0.717, 1.165) is 35.8 Å². The average Bonchev–Trinajstić information content (AvgIpc) is 3.09. The Hall–Kier alpha value is -1.68. The zero-order valence-corrected chi connectivity index (χ0v) is 15.3. The fourth-order valence-electron chi connectivity index (χ4n) is 3.21. The lowest BCUT2D eigenvalue weighted by Gasteiger charge is -2.11. The standard InChI is InChI=1S/C19H13Cl3O3/c20-15-6-7-16(21)18(22)14(15)9-24-10-4-5-12-11-2-1-3-13(11)19(23)25-17(12)8-10/h4-8H,1-3,9H2. The zero-order valence-electron chi connectivity index (χ0n) is 13.1. The monoisotopic (exact) mass is 394 g/mol. The summed E-state index contributed by atoms with van der Waals surface area (Å²) in [6.07, 6.45) is 2.69. The van der Waals surface area contributed by atoms with Crippen molar-refractivity contribution in [2.24, 2.45) is 0 Å². The van der Waals surface area contributed by atoms with Crippen molar-refractivity contribution in [2.75, 3.05) is 0 Å². The van der Waals surface area contributed by atoms with Crippen molar-refractivity contribution in [3.8, 4) is 5.75 Å². The van der Waals surface area contributed by atoms with Crippen LogP contribution in [0.5, 0.6) is 5.75 Å². The highest BCUT2D eigenvalue weighted by atomic mass is 35.5. The summed E-state index contributed by atoms with van der Waals surface area (Å²) in [5, 5.41) is 2.25. The molecule has 0 atom stereocenters. The molecule has 0 saturated carbocycles. The first-order valence-corrected chi connectivity index (χ1v) is 9.02. The lowest BCUT2D eigenvalue weighted by Crippen LogP contribution is -2.07. The Morgan fingerprint density at radius 1 is 1.00 bits per heavy atom. The lowest BCUT2D eigenvalue weighted by atomic mass is 10.1. The van der Waals surface area contributed by atoms with Gasteiger partial charge in [-0.3, -0.25) is 0 Å². The van der Waals surface area contributed by atoms with E-state index in [0.29, 0.717) is 32.0 Å². The maximum Gasteiger partial charge on any atom is 0.339 e. The first-order valence-electron chi connectivity index (χ1n) is 7.88. The first kappa shape index (κ1) is 16.8. The van der Waals surface area contributed by atoms with Gasteiger partial charge in [0.25, 0.3) is 0 Å². The Kier molecular flexibility index (Phi) is 4.40. The molecule has 0 bridgehead atoms. The van der Waals surface area contributed by atoms with Crippen LogP contribution in [0.4, 0.5) is 0 Å². The molecule has 3 nitrogen and oxygen atoms in total. The topological polar surface area (TPSA) is 39.4 Å². The molecule has 6 heteroatoms. The van der Waals surface area contributed by atoms with Gasteiger partial charge in [0, 0.05) is 27.6 Å². The smallest absolute Gasteiger partial charge is 0.339 e. The molecular weight excluding hydrogens is 383 g/mol. The summed E-state index contributed by atoms with van der Waals surface area (Å²) < 4.78 is 11.2. The van der Waals surface area contributed by atoms with E-state index in [2.05, 4.69) is 0 Å². The van der Waals surface area contributed by atoms with E-state index in [1.165, 1.54) is 0 Å². The highest BCUT2D eigenvalue weighted by Crippen LogP contribution is 2.33. The normalized spacial score (nSPS) is 13.2. The molecule has 1 aliphatic rings. The Balaban J connectivity index is 1.66. The molecule has 0 aliphatic heterocycles. The number of ether oxygens (including phenoxy) is 1. The summed E-state index contributed by atoms with van der Waals surface area (Å²) in [6.45, 7) is 0.166. The molecule has 0 saturated heterocycles. The summed E-state index contributed by atoms with van der Waals surface area (Å²) >= 11 is 18.4. The Labute approximate surface area is 159 Å². The minimum absolute atomic E-state index is 0.166. The average molecular weight is 396 g/mol. The van der Waals surface area contributed by atoms with Crippen molar-refractivity contribution < 1.29 is 9.15 Å². The van der Waals surface area contributed by atoms with E-state index in [1.807, 2.05) is 12.1 Å². The molecule has 0 amide bonds. The minimum atomic E-state index is -0.252. The molecule has 4 rings (SSSR count). The number of halogens is 3. The molecular formula is C19H13Cl3O3. The molecule has 1 aromatic heterocycles. The first-order chi connectivity index (χ1) is 12.0. The van der Waals surface area contributed by atoms with Gasteiger partial charge in [0.2, 0.25) is 0 Å². The van der Waals surface area contributed by atoms with Crippen LogP contribution in [0.2, 0.25) is 15.1 Å². The SMILES string of the molecule is O=c1oc2cc(OCc3c(Cl)ccc(Cl)c3Cl)ccc2c2c1CCC2. The van der Waals surface area contributed by atoms with E-state index in [1.54, 1.807) is 18.2 Å². The van der Waals surface area contributed by atoms with Gasteiger partial charge >= 0.3 is 5.63 Å². The predicted molar refractivity (Wildman–Crippen MR) is 100 cm³/mol. The zero-order chi connectivity index (χ0) is 17.6. The van der Waals surface area contributed by atoms with E-state index in [9.17, 15) is 4.79 Å². The fraction of sp³-hybridized carbons (Fsp3) is 0.211. The van der Waals surface area contributed by atoms with Gasteiger partial charge in [-0.25, -0.2) is 4.79 Å². The van der Waals surface area contributed by atoms with Crippen molar-refractivity contribution in [3.05, 3.63) is 72.5 Å². The second-order valence-corrected chi connectivity index (χ2v) is 7.16. The van der Waals surface area contributed by atoms with E-state index in [-0.39, 0.29) is 12.2 Å². The van der Waals surface area contributed by atoms with Crippen LogP contribution in [0.3, 0.4) is 0 Å². The molecule has 25 heavy (non-hydrogen) atoms. The molecule has 0 fully saturated rings. The lowest BCUT2D eigenvalue weighted by molar-refractivity contribution is 0.306. The second kappa shape index (κ2) is 6.56. The van der Waals surface area contributed by atoms with Crippen LogP contribution in [0, 0.1) is 0 Å². The van der Waals surface area contributed by atoms with Crippen LogP contribution in [0.1, 0.15) is 23.1 Å². The Morgan fingerprint density at radius 2 is 1.76 bits per heavy atom. The van der Waals surface area contributed by atoms with Crippen LogP contribution >= 0.6 is 34.8 Å². The van der Waals surface area contributed by atoms with Crippen molar-refractivity contribution >= 4 is 45.8 Å². The summed E-state index contributed by atoms with van der Waals surface area (Å²) in [5.41, 5.74) is 2.80. The summed E-state index contributed by atoms with van der Waals surface area (Å²) in [5.74, 6) is 0.570. The van der Waals surface area contributed by atoms with E-state index < -0.39 is 0 Å². The van der Waals surface area contributed by atoms with Crippen LogP contribution in [-0.4, -0.2) is 0 Å². The molecule has 0 unspecified atom stereocenters. The van der Waals surface area contributed by atoms with E-state index >= 15 is 0 Å². The van der Waals surface area contributed by atoms with Gasteiger partial charge in [-0.1, -0.05) is 34.8 Å². The third-order valence-corrected chi connectivity index (χ3v) is 5.66. The highest BCUT2D eigenvalue weighted by molar-refractivity contribution is 6.44. The second-order valence-electron chi connectivity index (χ2n) is 5.97. The summed E-state index contributed by atoms with van der Waals surface area (Å²) in [6, 6.07) is 8.83.